The number of hydrogen-bond donors (Lipinski definition) is 2. The number of anilines is 2. The Morgan fingerprint density at radius 2 is 1.63 bits per heavy atom. The topological polar surface area (TPSA) is 81.8 Å². The molecule has 0 atom stereocenters. The zero-order valence-electron chi connectivity index (χ0n) is 20.4. The smallest absolute Gasteiger partial charge is 0.380 e. The molecule has 12 heteroatoms. The third kappa shape index (κ3) is 6.62. The zero-order valence-corrected chi connectivity index (χ0v) is 21.2. The van der Waals surface area contributed by atoms with Crippen molar-refractivity contribution >= 4 is 27.3 Å². The Kier molecular flexibility index (Phi) is 7.93. The summed E-state index contributed by atoms with van der Waals surface area (Å²) >= 11 is 0. The Hall–Kier alpha value is -3.64. The van der Waals surface area contributed by atoms with E-state index in [9.17, 15) is 30.8 Å². The van der Waals surface area contributed by atoms with Crippen LogP contribution in [0.2, 0.25) is 0 Å². The second-order valence-electron chi connectivity index (χ2n) is 8.97. The molecule has 3 aromatic rings. The Morgan fingerprint density at radius 1 is 0.947 bits per heavy atom. The lowest BCUT2D eigenvalue weighted by atomic mass is 10.1. The van der Waals surface area contributed by atoms with Crippen LogP contribution in [0.25, 0.3) is 0 Å². The van der Waals surface area contributed by atoms with Gasteiger partial charge < -0.3 is 15.1 Å². The van der Waals surface area contributed by atoms with Crippen molar-refractivity contribution in [1.82, 2.24) is 9.80 Å². The van der Waals surface area contributed by atoms with Crippen LogP contribution >= 0.6 is 0 Å². The average molecular weight is 551 g/mol. The number of carbonyl (C=O) groups excluding carboxylic acids is 1. The van der Waals surface area contributed by atoms with E-state index in [0.717, 1.165) is 12.1 Å². The van der Waals surface area contributed by atoms with Gasteiger partial charge in [-0.3, -0.25) is 9.52 Å². The van der Waals surface area contributed by atoms with Crippen LogP contribution in [0.15, 0.2) is 71.6 Å². The van der Waals surface area contributed by atoms with Gasteiger partial charge in [-0.25, -0.2) is 12.8 Å². The highest BCUT2D eigenvalue weighted by Crippen LogP contribution is 2.32. The van der Waals surface area contributed by atoms with Crippen molar-refractivity contribution in [2.24, 2.45) is 0 Å². The van der Waals surface area contributed by atoms with Crippen molar-refractivity contribution in [2.75, 3.05) is 43.3 Å². The van der Waals surface area contributed by atoms with E-state index >= 15 is 0 Å². The van der Waals surface area contributed by atoms with E-state index in [1.54, 1.807) is 4.90 Å². The summed E-state index contributed by atoms with van der Waals surface area (Å²) in [7, 11) is -2.49. The van der Waals surface area contributed by atoms with Gasteiger partial charge in [0.05, 0.1) is 11.3 Å². The summed E-state index contributed by atoms with van der Waals surface area (Å²) < 4.78 is 81.8. The van der Waals surface area contributed by atoms with Crippen LogP contribution in [0.4, 0.5) is 28.9 Å². The molecule has 4 rings (SSSR count). The van der Waals surface area contributed by atoms with Crippen molar-refractivity contribution in [1.29, 1.82) is 0 Å². The Bertz CT molecular complexity index is 1400. The van der Waals surface area contributed by atoms with Gasteiger partial charge in [-0.1, -0.05) is 18.2 Å². The molecule has 1 aliphatic rings. The lowest BCUT2D eigenvalue weighted by Crippen LogP contribution is -2.47. The minimum atomic E-state index is -4.65. The van der Waals surface area contributed by atoms with E-state index in [2.05, 4.69) is 14.9 Å². The molecule has 202 valence electrons. The van der Waals surface area contributed by atoms with E-state index in [1.165, 1.54) is 48.5 Å². The lowest BCUT2D eigenvalue weighted by Gasteiger charge is -2.32. The highest BCUT2D eigenvalue weighted by molar-refractivity contribution is 7.92. The minimum Gasteiger partial charge on any atom is -0.380 e. The summed E-state index contributed by atoms with van der Waals surface area (Å²) in [6, 6.07) is 13.6. The van der Waals surface area contributed by atoms with Crippen molar-refractivity contribution in [3.63, 3.8) is 0 Å². The number of piperazine rings is 1. The standard InChI is InChI=1S/C26H26F4N4O3S/c1-33-11-13-34(14-12-33)25(35)19-7-10-23(31-17-18-5-8-21(27)9-6-18)24(15-19)38(36,37)32-22-4-2-3-20(16-22)26(28,29)30/h2-10,15-16,31-32H,11-14,17H2,1H3. The SMILES string of the molecule is CN1CCN(C(=O)c2ccc(NCc3ccc(F)cc3)c(S(=O)(=O)Nc3cccc(C(F)(F)F)c3)c2)CC1. The van der Waals surface area contributed by atoms with Gasteiger partial charge in [-0.15, -0.1) is 0 Å². The fraction of sp³-hybridized carbons (Fsp3) is 0.269. The molecule has 3 aromatic carbocycles. The average Bonchev–Trinajstić information content (AvgIpc) is 2.88. The van der Waals surface area contributed by atoms with Gasteiger partial charge in [-0.2, -0.15) is 13.2 Å². The summed E-state index contributed by atoms with van der Waals surface area (Å²) in [6.07, 6.45) is -4.65. The molecule has 1 amide bonds. The molecule has 1 heterocycles. The number of halogens is 4. The third-order valence-electron chi connectivity index (χ3n) is 6.15. The third-order valence-corrected chi connectivity index (χ3v) is 7.57. The second-order valence-corrected chi connectivity index (χ2v) is 10.6. The van der Waals surface area contributed by atoms with Gasteiger partial charge in [0.25, 0.3) is 15.9 Å². The molecule has 0 aliphatic carbocycles. The highest BCUT2D eigenvalue weighted by atomic mass is 32.2. The Labute approximate surface area is 218 Å². The van der Waals surface area contributed by atoms with Gasteiger partial charge in [-0.05, 0) is 61.1 Å². The van der Waals surface area contributed by atoms with E-state index in [0.29, 0.717) is 37.8 Å². The largest absolute Gasteiger partial charge is 0.416 e. The fourth-order valence-corrected chi connectivity index (χ4v) is 5.24. The minimum absolute atomic E-state index is 0.128. The molecule has 38 heavy (non-hydrogen) atoms. The van der Waals surface area contributed by atoms with Crippen LogP contribution in [0.1, 0.15) is 21.5 Å². The van der Waals surface area contributed by atoms with Crippen LogP contribution in [-0.4, -0.2) is 57.4 Å². The molecule has 1 aliphatic heterocycles. The maximum absolute atomic E-state index is 13.4. The fourth-order valence-electron chi connectivity index (χ4n) is 3.98. The number of benzene rings is 3. The molecular formula is C26H26F4N4O3S. The first-order valence-corrected chi connectivity index (χ1v) is 13.2. The zero-order chi connectivity index (χ0) is 27.5. The number of hydrogen-bond acceptors (Lipinski definition) is 5. The first-order chi connectivity index (χ1) is 17.9. The molecule has 0 saturated carbocycles. The summed E-state index contributed by atoms with van der Waals surface area (Å²) in [6.45, 7) is 2.43. The van der Waals surface area contributed by atoms with Crippen molar-refractivity contribution in [3.05, 3.63) is 89.2 Å². The van der Waals surface area contributed by atoms with Crippen molar-refractivity contribution in [3.8, 4) is 0 Å². The van der Waals surface area contributed by atoms with E-state index in [1.807, 2.05) is 7.05 Å². The van der Waals surface area contributed by atoms with E-state index in [4.69, 9.17) is 0 Å². The van der Waals surface area contributed by atoms with Crippen LogP contribution in [0.5, 0.6) is 0 Å². The van der Waals surface area contributed by atoms with Gasteiger partial charge in [0, 0.05) is 44.0 Å². The summed E-state index contributed by atoms with van der Waals surface area (Å²) in [5.41, 5.74) is -0.361. The molecule has 0 aromatic heterocycles. The first kappa shape index (κ1) is 27.4. The number of rotatable bonds is 7. The molecular weight excluding hydrogens is 524 g/mol. The molecule has 1 saturated heterocycles. The number of alkyl halides is 3. The quantitative estimate of drug-likeness (QED) is 0.419. The van der Waals surface area contributed by atoms with Crippen LogP contribution < -0.4 is 10.0 Å². The lowest BCUT2D eigenvalue weighted by molar-refractivity contribution is -0.137. The summed E-state index contributed by atoms with van der Waals surface area (Å²) in [4.78, 5) is 16.5. The number of sulfonamides is 1. The van der Waals surface area contributed by atoms with Crippen molar-refractivity contribution < 1.29 is 30.8 Å². The maximum atomic E-state index is 13.4. The number of nitrogens with zero attached hydrogens (tertiary/aromatic N) is 2. The Morgan fingerprint density at radius 3 is 2.29 bits per heavy atom. The van der Waals surface area contributed by atoms with E-state index < -0.39 is 27.6 Å². The monoisotopic (exact) mass is 550 g/mol. The van der Waals surface area contributed by atoms with Gasteiger partial charge in [0.1, 0.15) is 10.7 Å². The normalized spacial score (nSPS) is 14.8. The highest BCUT2D eigenvalue weighted by Gasteiger charge is 2.31. The molecule has 7 nitrogen and oxygen atoms in total. The molecule has 2 N–H and O–H groups in total. The number of carbonyl (C=O) groups is 1. The molecule has 0 bridgehead atoms. The molecule has 0 unspecified atom stereocenters. The number of amides is 1. The predicted octanol–water partition coefficient (Wildman–Crippen LogP) is 4.65. The second kappa shape index (κ2) is 11.0. The van der Waals surface area contributed by atoms with Gasteiger partial charge in [0.15, 0.2) is 0 Å². The van der Waals surface area contributed by atoms with Crippen LogP contribution in [0.3, 0.4) is 0 Å². The van der Waals surface area contributed by atoms with Crippen molar-refractivity contribution in [2.45, 2.75) is 17.6 Å². The van der Waals surface area contributed by atoms with Crippen LogP contribution in [0, 0.1) is 5.82 Å². The molecule has 0 radical (unpaired) electrons. The van der Waals surface area contributed by atoms with Gasteiger partial charge >= 0.3 is 6.18 Å². The number of nitrogens with one attached hydrogen (secondary N) is 2. The van der Waals surface area contributed by atoms with Crippen LogP contribution in [-0.2, 0) is 22.7 Å². The molecule has 1 fully saturated rings. The predicted molar refractivity (Wildman–Crippen MR) is 136 cm³/mol. The summed E-state index contributed by atoms with van der Waals surface area (Å²) in [5, 5.41) is 2.97. The summed E-state index contributed by atoms with van der Waals surface area (Å²) in [5.74, 6) is -0.771. The number of likely N-dealkylation sites (N-methyl/N-ethyl adjacent to an activating group) is 1. The van der Waals surface area contributed by atoms with Gasteiger partial charge in [0.2, 0.25) is 0 Å². The maximum Gasteiger partial charge on any atom is 0.416 e. The molecule has 0 spiro atoms. The van der Waals surface area contributed by atoms with E-state index in [-0.39, 0.29) is 34.3 Å². The first-order valence-electron chi connectivity index (χ1n) is 11.7. The Balaban J connectivity index is 1.67.